The summed E-state index contributed by atoms with van der Waals surface area (Å²) in [5.41, 5.74) is 7.09. The first kappa shape index (κ1) is 23.1. The molecule has 2 aliphatic rings. The molecule has 4 nitrogen and oxygen atoms in total. The van der Waals surface area contributed by atoms with Crippen molar-refractivity contribution in [3.8, 4) is 34.5 Å². The van der Waals surface area contributed by atoms with Gasteiger partial charge in [-0.15, -0.1) is 0 Å². The lowest BCUT2D eigenvalue weighted by molar-refractivity contribution is -0.140. The predicted molar refractivity (Wildman–Crippen MR) is 137 cm³/mol. The standard InChI is InChI=1S/C31H30O4/c1-33-29-16-14-22(19-30(29)35-26-8-4-5-9-26)23(20-31(32)34-2)13-11-21-12-15-28-25(17-21)18-24-7-3-6-10-27(24)28/h3,6-7,10,12,14-17,19,23,26H,4-5,8-9,18,20H2,1-2H3. The Morgan fingerprint density at radius 2 is 1.74 bits per heavy atom. The van der Waals surface area contributed by atoms with Gasteiger partial charge < -0.3 is 14.2 Å². The number of carbonyl (C=O) groups excluding carboxylic acids is 1. The van der Waals surface area contributed by atoms with Gasteiger partial charge in [-0.3, -0.25) is 4.79 Å². The van der Waals surface area contributed by atoms with Crippen molar-refractivity contribution in [3.05, 3.63) is 82.9 Å². The molecule has 3 aromatic rings. The molecule has 178 valence electrons. The Morgan fingerprint density at radius 1 is 0.943 bits per heavy atom. The summed E-state index contributed by atoms with van der Waals surface area (Å²) in [6, 6.07) is 20.7. The molecule has 3 aromatic carbocycles. The van der Waals surface area contributed by atoms with Gasteiger partial charge in [0.2, 0.25) is 0 Å². The van der Waals surface area contributed by atoms with Gasteiger partial charge in [-0.2, -0.15) is 0 Å². The maximum Gasteiger partial charge on any atom is 0.307 e. The normalized spacial score (nSPS) is 14.9. The SMILES string of the molecule is COC(=O)CC(C#Cc1ccc2c(c1)Cc1ccccc1-2)c1ccc(OC)c(OC2CCCC2)c1. The van der Waals surface area contributed by atoms with Gasteiger partial charge in [-0.1, -0.05) is 48.2 Å². The molecule has 1 fully saturated rings. The third-order valence-electron chi connectivity index (χ3n) is 6.97. The van der Waals surface area contributed by atoms with Crippen LogP contribution in [0.4, 0.5) is 0 Å². The highest BCUT2D eigenvalue weighted by Crippen LogP contribution is 2.37. The van der Waals surface area contributed by atoms with Crippen LogP contribution in [0, 0.1) is 11.8 Å². The van der Waals surface area contributed by atoms with Crippen LogP contribution in [0.15, 0.2) is 60.7 Å². The van der Waals surface area contributed by atoms with Crippen LogP contribution in [0.1, 0.15) is 60.3 Å². The van der Waals surface area contributed by atoms with Gasteiger partial charge in [0.25, 0.3) is 0 Å². The first-order valence-corrected chi connectivity index (χ1v) is 12.3. The van der Waals surface area contributed by atoms with E-state index in [0.29, 0.717) is 11.5 Å². The molecule has 0 aliphatic heterocycles. The van der Waals surface area contributed by atoms with Crippen LogP contribution in [-0.4, -0.2) is 26.3 Å². The summed E-state index contributed by atoms with van der Waals surface area (Å²) in [4.78, 5) is 12.2. The molecule has 0 saturated heterocycles. The molecule has 35 heavy (non-hydrogen) atoms. The number of fused-ring (bicyclic) bond motifs is 3. The summed E-state index contributed by atoms with van der Waals surface area (Å²) in [5.74, 6) is 7.47. The van der Waals surface area contributed by atoms with Crippen molar-refractivity contribution in [1.82, 2.24) is 0 Å². The van der Waals surface area contributed by atoms with Crippen molar-refractivity contribution in [3.63, 3.8) is 0 Å². The minimum absolute atomic E-state index is 0.176. The van der Waals surface area contributed by atoms with Crippen LogP contribution in [0.3, 0.4) is 0 Å². The van der Waals surface area contributed by atoms with Crippen molar-refractivity contribution in [1.29, 1.82) is 0 Å². The van der Waals surface area contributed by atoms with Crippen LogP contribution in [0.2, 0.25) is 0 Å². The summed E-state index contributed by atoms with van der Waals surface area (Å²) in [6.07, 6.45) is 5.80. The number of hydrogen-bond acceptors (Lipinski definition) is 4. The Hall–Kier alpha value is -3.71. The van der Waals surface area contributed by atoms with Crippen molar-refractivity contribution < 1.29 is 19.0 Å². The second kappa shape index (κ2) is 10.3. The van der Waals surface area contributed by atoms with Crippen LogP contribution in [-0.2, 0) is 16.0 Å². The number of esters is 1. The molecule has 0 heterocycles. The lowest BCUT2D eigenvalue weighted by Crippen LogP contribution is -2.12. The third kappa shape index (κ3) is 5.05. The summed E-state index contributed by atoms with van der Waals surface area (Å²) in [5, 5.41) is 0. The minimum Gasteiger partial charge on any atom is -0.493 e. The highest BCUT2D eigenvalue weighted by molar-refractivity contribution is 5.77. The zero-order valence-corrected chi connectivity index (χ0v) is 20.3. The topological polar surface area (TPSA) is 44.8 Å². The molecule has 1 atom stereocenters. The van der Waals surface area contributed by atoms with Crippen LogP contribution >= 0.6 is 0 Å². The van der Waals surface area contributed by atoms with Crippen molar-refractivity contribution in [2.45, 2.75) is 50.5 Å². The Bertz CT molecular complexity index is 1290. The second-order valence-corrected chi connectivity index (χ2v) is 9.24. The van der Waals surface area contributed by atoms with Gasteiger partial charge in [0.1, 0.15) is 0 Å². The van der Waals surface area contributed by atoms with Crippen LogP contribution < -0.4 is 9.47 Å². The second-order valence-electron chi connectivity index (χ2n) is 9.24. The van der Waals surface area contributed by atoms with E-state index in [4.69, 9.17) is 14.2 Å². The molecule has 4 heteroatoms. The Morgan fingerprint density at radius 3 is 2.54 bits per heavy atom. The average Bonchev–Trinajstić information content (AvgIpc) is 3.53. The van der Waals surface area contributed by atoms with E-state index < -0.39 is 0 Å². The molecule has 0 N–H and O–H groups in total. The number of rotatable bonds is 6. The maximum atomic E-state index is 12.2. The van der Waals surface area contributed by atoms with E-state index in [2.05, 4.69) is 54.3 Å². The van der Waals surface area contributed by atoms with E-state index in [1.54, 1.807) is 7.11 Å². The zero-order valence-electron chi connectivity index (χ0n) is 20.3. The molecule has 0 aromatic heterocycles. The molecular formula is C31H30O4. The van der Waals surface area contributed by atoms with Gasteiger partial charge in [-0.05, 0) is 84.2 Å². The fourth-order valence-electron chi connectivity index (χ4n) is 5.08. The maximum absolute atomic E-state index is 12.2. The van der Waals surface area contributed by atoms with E-state index in [9.17, 15) is 4.79 Å². The first-order valence-electron chi connectivity index (χ1n) is 12.3. The Kier molecular flexibility index (Phi) is 6.77. The molecule has 1 unspecified atom stereocenters. The molecule has 0 amide bonds. The van der Waals surface area contributed by atoms with Gasteiger partial charge in [-0.25, -0.2) is 0 Å². The largest absolute Gasteiger partial charge is 0.493 e. The van der Waals surface area contributed by atoms with Crippen molar-refractivity contribution in [2.75, 3.05) is 14.2 Å². The molecule has 1 saturated carbocycles. The van der Waals surface area contributed by atoms with E-state index in [1.165, 1.54) is 42.2 Å². The van der Waals surface area contributed by atoms with E-state index in [1.807, 2.05) is 18.2 Å². The molecule has 0 radical (unpaired) electrons. The predicted octanol–water partition coefficient (Wildman–Crippen LogP) is 6.29. The molecule has 5 rings (SSSR count). The first-order chi connectivity index (χ1) is 17.1. The third-order valence-corrected chi connectivity index (χ3v) is 6.97. The molecular weight excluding hydrogens is 436 g/mol. The van der Waals surface area contributed by atoms with Gasteiger partial charge in [0.15, 0.2) is 11.5 Å². The quantitative estimate of drug-likeness (QED) is 0.248. The Balaban J connectivity index is 1.43. The van der Waals surface area contributed by atoms with E-state index >= 15 is 0 Å². The summed E-state index contributed by atoms with van der Waals surface area (Å²) in [7, 11) is 3.06. The van der Waals surface area contributed by atoms with E-state index in [0.717, 1.165) is 30.4 Å². The number of ether oxygens (including phenoxy) is 3. The lowest BCUT2D eigenvalue weighted by Gasteiger charge is -2.18. The monoisotopic (exact) mass is 466 g/mol. The van der Waals surface area contributed by atoms with Crippen LogP contribution in [0.5, 0.6) is 11.5 Å². The molecule has 0 spiro atoms. The van der Waals surface area contributed by atoms with Gasteiger partial charge in [0, 0.05) is 5.56 Å². The van der Waals surface area contributed by atoms with E-state index in [-0.39, 0.29) is 24.4 Å². The van der Waals surface area contributed by atoms with Gasteiger partial charge >= 0.3 is 5.97 Å². The fraction of sp³-hybridized carbons (Fsp3) is 0.323. The fourth-order valence-corrected chi connectivity index (χ4v) is 5.08. The van der Waals surface area contributed by atoms with Crippen molar-refractivity contribution in [2.24, 2.45) is 0 Å². The zero-order chi connectivity index (χ0) is 24.2. The van der Waals surface area contributed by atoms with Crippen molar-refractivity contribution >= 4 is 5.97 Å². The molecule has 0 bridgehead atoms. The highest BCUT2D eigenvalue weighted by Gasteiger charge is 2.22. The smallest absolute Gasteiger partial charge is 0.307 e. The lowest BCUT2D eigenvalue weighted by atomic mass is 9.95. The summed E-state index contributed by atoms with van der Waals surface area (Å²) < 4.78 is 16.8. The number of hydrogen-bond donors (Lipinski definition) is 0. The molecule has 2 aliphatic carbocycles. The minimum atomic E-state index is -0.315. The summed E-state index contributed by atoms with van der Waals surface area (Å²) in [6.45, 7) is 0. The van der Waals surface area contributed by atoms with Gasteiger partial charge in [0.05, 0.1) is 32.7 Å². The number of carbonyl (C=O) groups is 1. The number of methoxy groups -OCH3 is 2. The van der Waals surface area contributed by atoms with Crippen LogP contribution in [0.25, 0.3) is 11.1 Å². The Labute approximate surface area is 207 Å². The summed E-state index contributed by atoms with van der Waals surface area (Å²) >= 11 is 0. The highest BCUT2D eigenvalue weighted by atomic mass is 16.5. The number of benzene rings is 3. The average molecular weight is 467 g/mol.